The van der Waals surface area contributed by atoms with Crippen LogP contribution in [0.15, 0.2) is 17.8 Å². The first kappa shape index (κ1) is 13.6. The SMILES string of the molecule is CCNC(Cc1cn2ccsc2n1)C(C)C(C)C. The quantitative estimate of drug-likeness (QED) is 0.869. The molecule has 2 heterocycles. The number of hydrogen-bond donors (Lipinski definition) is 1. The van der Waals surface area contributed by atoms with Gasteiger partial charge in [-0.3, -0.25) is 4.40 Å². The maximum absolute atomic E-state index is 4.68. The second-order valence-electron chi connectivity index (χ2n) is 5.30. The summed E-state index contributed by atoms with van der Waals surface area (Å²) in [5, 5.41) is 5.68. The number of rotatable bonds is 6. The van der Waals surface area contributed by atoms with Gasteiger partial charge in [-0.25, -0.2) is 4.98 Å². The number of imidazole rings is 1. The first-order valence-electron chi connectivity index (χ1n) is 6.76. The van der Waals surface area contributed by atoms with E-state index in [0.717, 1.165) is 17.9 Å². The molecule has 18 heavy (non-hydrogen) atoms. The van der Waals surface area contributed by atoms with Gasteiger partial charge in [0.2, 0.25) is 0 Å². The lowest BCUT2D eigenvalue weighted by Gasteiger charge is -2.27. The van der Waals surface area contributed by atoms with Crippen LogP contribution in [-0.2, 0) is 6.42 Å². The fraction of sp³-hybridized carbons (Fsp3) is 0.643. The summed E-state index contributed by atoms with van der Waals surface area (Å²) < 4.78 is 2.11. The van der Waals surface area contributed by atoms with Crippen LogP contribution >= 0.6 is 11.3 Å². The molecule has 1 N–H and O–H groups in total. The smallest absolute Gasteiger partial charge is 0.193 e. The summed E-state index contributed by atoms with van der Waals surface area (Å²) in [4.78, 5) is 5.77. The highest BCUT2D eigenvalue weighted by Gasteiger charge is 2.20. The molecular weight excluding hydrogens is 242 g/mol. The van der Waals surface area contributed by atoms with Gasteiger partial charge in [-0.2, -0.15) is 0 Å². The Hall–Kier alpha value is -0.870. The highest BCUT2D eigenvalue weighted by Crippen LogP contribution is 2.19. The van der Waals surface area contributed by atoms with Gasteiger partial charge in [0.15, 0.2) is 4.96 Å². The molecule has 2 rings (SSSR count). The standard InChI is InChI=1S/C14H23N3S/c1-5-15-13(11(4)10(2)3)8-12-9-17-6-7-18-14(17)16-12/h6-7,9-11,13,15H,5,8H2,1-4H3. The first-order valence-corrected chi connectivity index (χ1v) is 7.64. The van der Waals surface area contributed by atoms with Gasteiger partial charge in [0, 0.05) is 30.2 Å². The number of aromatic nitrogens is 2. The average molecular weight is 265 g/mol. The third kappa shape index (κ3) is 2.93. The number of thiazole rings is 1. The van der Waals surface area contributed by atoms with Crippen LogP contribution in [0.3, 0.4) is 0 Å². The Labute approximate surface area is 113 Å². The van der Waals surface area contributed by atoms with E-state index < -0.39 is 0 Å². The normalized spacial score (nSPS) is 15.4. The van der Waals surface area contributed by atoms with Gasteiger partial charge in [-0.15, -0.1) is 11.3 Å². The zero-order valence-corrected chi connectivity index (χ0v) is 12.5. The van der Waals surface area contributed by atoms with Crippen molar-refractivity contribution in [1.82, 2.24) is 14.7 Å². The zero-order chi connectivity index (χ0) is 13.1. The molecule has 0 fully saturated rings. The van der Waals surface area contributed by atoms with Crippen molar-refractivity contribution in [2.24, 2.45) is 11.8 Å². The summed E-state index contributed by atoms with van der Waals surface area (Å²) in [5.74, 6) is 1.35. The summed E-state index contributed by atoms with van der Waals surface area (Å²) in [7, 11) is 0. The molecular formula is C14H23N3S. The molecule has 0 aliphatic carbocycles. The largest absolute Gasteiger partial charge is 0.314 e. The number of likely N-dealkylation sites (N-methyl/N-ethyl adjacent to an activating group) is 1. The summed E-state index contributed by atoms with van der Waals surface area (Å²) in [6.07, 6.45) is 5.25. The highest BCUT2D eigenvalue weighted by atomic mass is 32.1. The van der Waals surface area contributed by atoms with Crippen LogP contribution in [0.1, 0.15) is 33.4 Å². The monoisotopic (exact) mass is 265 g/mol. The Morgan fingerprint density at radius 2 is 2.17 bits per heavy atom. The summed E-state index contributed by atoms with van der Waals surface area (Å²) in [6, 6.07) is 0.514. The molecule has 2 atom stereocenters. The molecule has 0 aliphatic heterocycles. The van der Waals surface area contributed by atoms with E-state index >= 15 is 0 Å². The van der Waals surface area contributed by atoms with Crippen molar-refractivity contribution in [2.45, 2.75) is 40.2 Å². The molecule has 0 aromatic carbocycles. The Balaban J connectivity index is 2.10. The maximum Gasteiger partial charge on any atom is 0.193 e. The van der Waals surface area contributed by atoms with E-state index in [2.05, 4.69) is 60.2 Å². The molecule has 0 radical (unpaired) electrons. The predicted octanol–water partition coefficient (Wildman–Crippen LogP) is 3.21. The lowest BCUT2D eigenvalue weighted by Crippen LogP contribution is -2.39. The van der Waals surface area contributed by atoms with Crippen molar-refractivity contribution in [3.63, 3.8) is 0 Å². The van der Waals surface area contributed by atoms with Crippen molar-refractivity contribution in [3.8, 4) is 0 Å². The van der Waals surface area contributed by atoms with Gasteiger partial charge in [-0.05, 0) is 18.4 Å². The molecule has 2 unspecified atom stereocenters. The van der Waals surface area contributed by atoms with Crippen LogP contribution in [0.5, 0.6) is 0 Å². The summed E-state index contributed by atoms with van der Waals surface area (Å²) >= 11 is 1.69. The highest BCUT2D eigenvalue weighted by molar-refractivity contribution is 7.15. The first-order chi connectivity index (χ1) is 8.61. The fourth-order valence-corrected chi connectivity index (χ4v) is 2.99. The van der Waals surface area contributed by atoms with E-state index in [0.29, 0.717) is 17.9 Å². The molecule has 2 aromatic rings. The fourth-order valence-electron chi connectivity index (χ4n) is 2.27. The van der Waals surface area contributed by atoms with Crippen LogP contribution in [0.25, 0.3) is 4.96 Å². The minimum atomic E-state index is 0.514. The molecule has 0 amide bonds. The molecule has 100 valence electrons. The predicted molar refractivity (Wildman–Crippen MR) is 78.2 cm³/mol. The Bertz CT molecular complexity index is 457. The summed E-state index contributed by atoms with van der Waals surface area (Å²) in [5.41, 5.74) is 1.19. The van der Waals surface area contributed by atoms with Crippen molar-refractivity contribution in [3.05, 3.63) is 23.5 Å². The van der Waals surface area contributed by atoms with E-state index in [4.69, 9.17) is 0 Å². The van der Waals surface area contributed by atoms with E-state index in [1.54, 1.807) is 11.3 Å². The number of fused-ring (bicyclic) bond motifs is 1. The van der Waals surface area contributed by atoms with Gasteiger partial charge >= 0.3 is 0 Å². The number of nitrogens with one attached hydrogen (secondary N) is 1. The lowest BCUT2D eigenvalue weighted by molar-refractivity contribution is 0.299. The summed E-state index contributed by atoms with van der Waals surface area (Å²) in [6.45, 7) is 10.1. The van der Waals surface area contributed by atoms with Crippen molar-refractivity contribution in [2.75, 3.05) is 6.54 Å². The van der Waals surface area contributed by atoms with Gasteiger partial charge in [0.25, 0.3) is 0 Å². The minimum absolute atomic E-state index is 0.514. The van der Waals surface area contributed by atoms with E-state index in [9.17, 15) is 0 Å². The molecule has 0 saturated heterocycles. The van der Waals surface area contributed by atoms with Crippen molar-refractivity contribution in [1.29, 1.82) is 0 Å². The molecule has 3 nitrogen and oxygen atoms in total. The Kier molecular flexibility index (Phi) is 4.40. The second kappa shape index (κ2) is 5.85. The molecule has 4 heteroatoms. The number of nitrogens with zero attached hydrogens (tertiary/aromatic N) is 2. The number of hydrogen-bond acceptors (Lipinski definition) is 3. The minimum Gasteiger partial charge on any atom is -0.314 e. The zero-order valence-electron chi connectivity index (χ0n) is 11.7. The second-order valence-corrected chi connectivity index (χ2v) is 6.17. The molecule has 2 aromatic heterocycles. The van der Waals surface area contributed by atoms with E-state index in [1.165, 1.54) is 5.69 Å². The molecule has 0 spiro atoms. The Morgan fingerprint density at radius 3 is 2.78 bits per heavy atom. The van der Waals surface area contributed by atoms with Crippen LogP contribution in [0.2, 0.25) is 0 Å². The lowest BCUT2D eigenvalue weighted by atomic mass is 9.88. The van der Waals surface area contributed by atoms with Crippen LogP contribution in [0.4, 0.5) is 0 Å². The van der Waals surface area contributed by atoms with Crippen molar-refractivity contribution < 1.29 is 0 Å². The third-order valence-electron chi connectivity index (χ3n) is 3.72. The molecule has 0 bridgehead atoms. The average Bonchev–Trinajstić information content (AvgIpc) is 2.87. The van der Waals surface area contributed by atoms with Crippen LogP contribution in [-0.4, -0.2) is 22.0 Å². The van der Waals surface area contributed by atoms with Gasteiger partial charge < -0.3 is 5.32 Å². The Morgan fingerprint density at radius 1 is 1.39 bits per heavy atom. The third-order valence-corrected chi connectivity index (χ3v) is 4.50. The van der Waals surface area contributed by atoms with Gasteiger partial charge in [0.1, 0.15) is 0 Å². The maximum atomic E-state index is 4.68. The van der Waals surface area contributed by atoms with E-state index in [1.807, 2.05) is 0 Å². The van der Waals surface area contributed by atoms with Crippen LogP contribution in [0, 0.1) is 11.8 Å². The van der Waals surface area contributed by atoms with Gasteiger partial charge in [0.05, 0.1) is 5.69 Å². The molecule has 0 saturated carbocycles. The van der Waals surface area contributed by atoms with Crippen molar-refractivity contribution >= 4 is 16.3 Å². The topological polar surface area (TPSA) is 29.3 Å². The van der Waals surface area contributed by atoms with Crippen LogP contribution < -0.4 is 5.32 Å². The van der Waals surface area contributed by atoms with Gasteiger partial charge in [-0.1, -0.05) is 27.7 Å². The molecule has 0 aliphatic rings. The van der Waals surface area contributed by atoms with E-state index in [-0.39, 0.29) is 0 Å².